The lowest BCUT2D eigenvalue weighted by Crippen LogP contribution is -2.16. The van der Waals surface area contributed by atoms with Crippen LogP contribution in [-0.2, 0) is 10.9 Å². The number of hydrogen-bond acceptors (Lipinski definition) is 1. The molecule has 2 aromatic rings. The lowest BCUT2D eigenvalue weighted by molar-refractivity contribution is 0.102. The summed E-state index contributed by atoms with van der Waals surface area (Å²) in [5.74, 6) is 0.819. The van der Waals surface area contributed by atoms with Gasteiger partial charge in [-0.25, -0.2) is 0 Å². The maximum atomic E-state index is 12.1. The van der Waals surface area contributed by atoms with Gasteiger partial charge in [-0.2, -0.15) is 0 Å². The molecule has 1 nitrogen and oxygen atoms in total. The number of ketones is 1. The zero-order valence-electron chi connectivity index (χ0n) is 10.7. The third kappa shape index (κ3) is 3.02. The molecule has 1 atom stereocenters. The molecule has 18 heavy (non-hydrogen) atoms. The van der Waals surface area contributed by atoms with E-state index in [1.54, 1.807) is 0 Å². The summed E-state index contributed by atoms with van der Waals surface area (Å²) in [6.07, 6.45) is 2.14. The van der Waals surface area contributed by atoms with Crippen LogP contribution in [0.2, 0.25) is 0 Å². The number of carbonyl (C=O) groups is 1. The summed E-state index contributed by atoms with van der Waals surface area (Å²) in [7, 11) is -0.0251. The normalized spacial score (nSPS) is 12.1. The first-order chi connectivity index (χ1) is 8.68. The molecule has 0 spiro atoms. The third-order valence-electron chi connectivity index (χ3n) is 2.91. The van der Waals surface area contributed by atoms with Crippen LogP contribution in [0.5, 0.6) is 0 Å². The van der Waals surface area contributed by atoms with Gasteiger partial charge in [-0.05, 0) is 13.0 Å². The van der Waals surface area contributed by atoms with Crippen molar-refractivity contribution >= 4 is 16.7 Å². The van der Waals surface area contributed by atoms with Gasteiger partial charge in [0.1, 0.15) is 6.26 Å². The molecule has 2 rings (SSSR count). The monoisotopic (exact) mass is 257 g/mol. The average molecular weight is 257 g/mol. The number of benzene rings is 2. The quantitative estimate of drug-likeness (QED) is 0.605. The number of hydrogen-bond donors (Lipinski definition) is 0. The van der Waals surface area contributed by atoms with E-state index in [0.29, 0.717) is 5.75 Å². The lowest BCUT2D eigenvalue weighted by atomic mass is 10.2. The zero-order chi connectivity index (χ0) is 13.0. The first-order valence-corrected chi connectivity index (χ1v) is 7.75. The molecule has 0 aliphatic rings. The highest BCUT2D eigenvalue weighted by molar-refractivity contribution is 7.97. The van der Waals surface area contributed by atoms with Crippen molar-refractivity contribution in [2.24, 2.45) is 0 Å². The Morgan fingerprint density at radius 3 is 2.28 bits per heavy atom. The van der Waals surface area contributed by atoms with E-state index in [0.717, 1.165) is 5.56 Å². The topological polar surface area (TPSA) is 17.1 Å². The first-order valence-electron chi connectivity index (χ1n) is 5.95. The van der Waals surface area contributed by atoms with Gasteiger partial charge in [-0.15, -0.1) is 0 Å². The average Bonchev–Trinajstić information content (AvgIpc) is 2.40. The molecule has 0 heterocycles. The SMILES string of the molecule is Cc1ccccc1[S+](C)CC(=O)c1ccccc1. The van der Waals surface area contributed by atoms with Gasteiger partial charge in [0.05, 0.1) is 0 Å². The van der Waals surface area contributed by atoms with Crippen molar-refractivity contribution in [3.8, 4) is 0 Å². The Morgan fingerprint density at radius 1 is 1.00 bits per heavy atom. The second-order valence-corrected chi connectivity index (χ2v) is 6.34. The summed E-state index contributed by atoms with van der Waals surface area (Å²) < 4.78 is 0. The molecule has 0 amide bonds. The van der Waals surface area contributed by atoms with Crippen LogP contribution in [0, 0.1) is 6.92 Å². The summed E-state index contributed by atoms with van der Waals surface area (Å²) in [6.45, 7) is 2.10. The number of rotatable bonds is 4. The zero-order valence-corrected chi connectivity index (χ0v) is 11.5. The minimum Gasteiger partial charge on any atom is -0.289 e. The maximum Gasteiger partial charge on any atom is 0.212 e. The van der Waals surface area contributed by atoms with Crippen molar-refractivity contribution in [3.05, 3.63) is 65.7 Å². The summed E-state index contributed by atoms with van der Waals surface area (Å²) in [6, 6.07) is 17.8. The fraction of sp³-hybridized carbons (Fsp3) is 0.188. The number of aryl methyl sites for hydroxylation is 1. The van der Waals surface area contributed by atoms with Crippen LogP contribution in [0.1, 0.15) is 15.9 Å². The van der Waals surface area contributed by atoms with Crippen LogP contribution >= 0.6 is 0 Å². The van der Waals surface area contributed by atoms with Crippen LogP contribution in [0.4, 0.5) is 0 Å². The van der Waals surface area contributed by atoms with Gasteiger partial charge in [0.25, 0.3) is 0 Å². The van der Waals surface area contributed by atoms with E-state index in [1.165, 1.54) is 10.5 Å². The van der Waals surface area contributed by atoms with Crippen molar-refractivity contribution in [2.45, 2.75) is 11.8 Å². The van der Waals surface area contributed by atoms with Crippen LogP contribution in [0.25, 0.3) is 0 Å². The highest BCUT2D eigenvalue weighted by atomic mass is 32.2. The number of Topliss-reactive ketones (excluding diaryl/α,β-unsaturated/α-hetero) is 1. The van der Waals surface area contributed by atoms with Gasteiger partial charge in [-0.3, -0.25) is 4.79 Å². The third-order valence-corrected chi connectivity index (χ3v) is 4.82. The number of carbonyl (C=O) groups excluding carboxylic acids is 1. The molecule has 0 aliphatic carbocycles. The Bertz CT molecular complexity index is 534. The molecule has 1 unspecified atom stereocenters. The Hall–Kier alpha value is -1.54. The second kappa shape index (κ2) is 5.87. The van der Waals surface area contributed by atoms with Gasteiger partial charge >= 0.3 is 0 Å². The highest BCUT2D eigenvalue weighted by Gasteiger charge is 2.22. The standard InChI is InChI=1S/C16H17OS/c1-13-8-6-7-11-16(13)18(2)12-15(17)14-9-4-3-5-10-14/h3-11H,12H2,1-2H3/q+1. The molecular formula is C16H17OS+. The van der Waals surface area contributed by atoms with Crippen LogP contribution in [0.3, 0.4) is 0 Å². The van der Waals surface area contributed by atoms with Crippen LogP contribution < -0.4 is 0 Å². The minimum atomic E-state index is -0.0251. The van der Waals surface area contributed by atoms with Crippen molar-refractivity contribution in [3.63, 3.8) is 0 Å². The molecule has 0 N–H and O–H groups in total. The van der Waals surface area contributed by atoms with Crippen LogP contribution in [0.15, 0.2) is 59.5 Å². The molecule has 92 valence electrons. The van der Waals surface area contributed by atoms with E-state index in [9.17, 15) is 4.79 Å². The largest absolute Gasteiger partial charge is 0.289 e. The second-order valence-electron chi connectivity index (χ2n) is 4.34. The Balaban J connectivity index is 2.11. The van der Waals surface area contributed by atoms with E-state index in [-0.39, 0.29) is 16.7 Å². The van der Waals surface area contributed by atoms with E-state index in [4.69, 9.17) is 0 Å². The summed E-state index contributed by atoms with van der Waals surface area (Å²) in [5, 5.41) is 0. The van der Waals surface area contributed by atoms with Gasteiger partial charge in [0.2, 0.25) is 5.78 Å². The smallest absolute Gasteiger partial charge is 0.212 e. The molecule has 0 aromatic heterocycles. The fourth-order valence-corrected chi connectivity index (χ4v) is 3.57. The first kappa shape index (κ1) is 12.9. The van der Waals surface area contributed by atoms with E-state index >= 15 is 0 Å². The fourth-order valence-electron chi connectivity index (χ4n) is 1.93. The molecule has 2 aromatic carbocycles. The minimum absolute atomic E-state index is 0.0251. The van der Waals surface area contributed by atoms with E-state index < -0.39 is 0 Å². The maximum absolute atomic E-state index is 12.1. The van der Waals surface area contributed by atoms with Gasteiger partial charge < -0.3 is 0 Å². The van der Waals surface area contributed by atoms with Gasteiger partial charge in [-0.1, -0.05) is 48.5 Å². The van der Waals surface area contributed by atoms with Gasteiger partial charge in [0, 0.05) is 22.0 Å². The predicted octanol–water partition coefficient (Wildman–Crippen LogP) is 3.48. The lowest BCUT2D eigenvalue weighted by Gasteiger charge is -2.05. The molecule has 0 saturated carbocycles. The van der Waals surface area contributed by atoms with Crippen molar-refractivity contribution in [1.29, 1.82) is 0 Å². The molecule has 0 saturated heterocycles. The predicted molar refractivity (Wildman–Crippen MR) is 78.4 cm³/mol. The summed E-state index contributed by atoms with van der Waals surface area (Å²) in [5.41, 5.74) is 2.08. The molecule has 0 fully saturated rings. The highest BCUT2D eigenvalue weighted by Crippen LogP contribution is 2.17. The molecule has 0 bridgehead atoms. The summed E-state index contributed by atoms with van der Waals surface area (Å²) >= 11 is 0. The van der Waals surface area contributed by atoms with Gasteiger partial charge in [0.15, 0.2) is 10.6 Å². The molecule has 2 heteroatoms. The van der Waals surface area contributed by atoms with E-state index in [2.05, 4.69) is 25.3 Å². The molecule has 0 radical (unpaired) electrons. The molecular weight excluding hydrogens is 240 g/mol. The Morgan fingerprint density at radius 2 is 1.61 bits per heavy atom. The summed E-state index contributed by atoms with van der Waals surface area (Å²) in [4.78, 5) is 13.4. The Kier molecular flexibility index (Phi) is 4.21. The van der Waals surface area contributed by atoms with Crippen molar-refractivity contribution < 1.29 is 4.79 Å². The van der Waals surface area contributed by atoms with E-state index in [1.807, 2.05) is 42.5 Å². The van der Waals surface area contributed by atoms with Crippen LogP contribution in [-0.4, -0.2) is 17.8 Å². The van der Waals surface area contributed by atoms with Crippen molar-refractivity contribution in [1.82, 2.24) is 0 Å². The molecule has 0 aliphatic heterocycles. The van der Waals surface area contributed by atoms with Crippen molar-refractivity contribution in [2.75, 3.05) is 12.0 Å². The Labute approximate surface area is 111 Å².